The van der Waals surface area contributed by atoms with Crippen LogP contribution in [-0.4, -0.2) is 49.0 Å². The number of amides is 2. The average Bonchev–Trinajstić information content (AvgIpc) is 2.47. The zero-order valence-electron chi connectivity index (χ0n) is 14.6. The van der Waals surface area contributed by atoms with Crippen LogP contribution in [0.4, 0.5) is 5.69 Å². The molecule has 0 fully saturated rings. The van der Waals surface area contributed by atoms with Gasteiger partial charge in [0.15, 0.2) is 0 Å². The van der Waals surface area contributed by atoms with Gasteiger partial charge in [0.1, 0.15) is 5.75 Å². The molecule has 1 atom stereocenters. The summed E-state index contributed by atoms with van der Waals surface area (Å²) in [6.07, 6.45) is 0. The van der Waals surface area contributed by atoms with E-state index < -0.39 is 6.04 Å². The third kappa shape index (κ3) is 6.28. The minimum atomic E-state index is -0.442. The van der Waals surface area contributed by atoms with Gasteiger partial charge in [-0.05, 0) is 46.9 Å². The van der Waals surface area contributed by atoms with Crippen LogP contribution in [0.2, 0.25) is 0 Å². The molecule has 0 saturated heterocycles. The van der Waals surface area contributed by atoms with E-state index in [2.05, 4.69) is 10.6 Å². The third-order valence-corrected chi connectivity index (χ3v) is 3.33. The van der Waals surface area contributed by atoms with Crippen LogP contribution in [0.5, 0.6) is 5.75 Å². The number of ether oxygens (including phenoxy) is 1. The highest BCUT2D eigenvalue weighted by atomic mass is 16.5. The normalized spacial score (nSPS) is 12.1. The molecule has 0 aliphatic rings. The predicted octanol–water partition coefficient (Wildman–Crippen LogP) is 1.87. The molecule has 0 bridgehead atoms. The molecule has 2 N–H and O–H groups in total. The number of hydrogen-bond donors (Lipinski definition) is 2. The van der Waals surface area contributed by atoms with E-state index >= 15 is 0 Å². The molecule has 0 aliphatic carbocycles. The fraction of sp³-hybridized carbons (Fsp3) is 0.529. The number of benzene rings is 1. The van der Waals surface area contributed by atoms with Crippen LogP contribution in [-0.2, 0) is 9.59 Å². The lowest BCUT2D eigenvalue weighted by Crippen LogP contribution is -2.46. The summed E-state index contributed by atoms with van der Waals surface area (Å²) in [5, 5.41) is 5.66. The van der Waals surface area contributed by atoms with Crippen molar-refractivity contribution in [3.8, 4) is 5.75 Å². The van der Waals surface area contributed by atoms with Gasteiger partial charge >= 0.3 is 0 Å². The van der Waals surface area contributed by atoms with Crippen molar-refractivity contribution in [2.75, 3.05) is 25.5 Å². The summed E-state index contributed by atoms with van der Waals surface area (Å²) in [6, 6.07) is 6.93. The number of carbonyl (C=O) groups is 2. The summed E-state index contributed by atoms with van der Waals surface area (Å²) in [5.41, 5.74) is 0.631. The van der Waals surface area contributed by atoms with Gasteiger partial charge in [0.05, 0.1) is 24.9 Å². The Morgan fingerprint density at radius 3 is 2.48 bits per heavy atom. The number of hydrogen-bond acceptors (Lipinski definition) is 4. The zero-order valence-corrected chi connectivity index (χ0v) is 14.6. The second-order valence-electron chi connectivity index (χ2n) is 5.73. The SMILES string of the molecule is CCOc1ccccc1NC(=O)C(C)N(C)CC(=O)NC(C)C. The molecule has 0 radical (unpaired) electrons. The summed E-state index contributed by atoms with van der Waals surface area (Å²) < 4.78 is 5.49. The summed E-state index contributed by atoms with van der Waals surface area (Å²) >= 11 is 0. The molecule has 0 aromatic heterocycles. The summed E-state index contributed by atoms with van der Waals surface area (Å²) in [5.74, 6) is 0.352. The van der Waals surface area contributed by atoms with Crippen LogP contribution in [0.1, 0.15) is 27.7 Å². The van der Waals surface area contributed by atoms with Gasteiger partial charge in [-0.2, -0.15) is 0 Å². The number of likely N-dealkylation sites (N-methyl/N-ethyl adjacent to an activating group) is 1. The van der Waals surface area contributed by atoms with E-state index in [0.29, 0.717) is 18.0 Å². The molecule has 1 rings (SSSR count). The summed E-state index contributed by atoms with van der Waals surface area (Å²) in [4.78, 5) is 25.9. The molecular weight excluding hydrogens is 294 g/mol. The Hall–Kier alpha value is -2.08. The van der Waals surface area contributed by atoms with Gasteiger partial charge in [0.25, 0.3) is 0 Å². The molecule has 1 aromatic carbocycles. The van der Waals surface area contributed by atoms with Crippen LogP contribution in [0, 0.1) is 0 Å². The van der Waals surface area contributed by atoms with E-state index in [1.807, 2.05) is 39.0 Å². The van der Waals surface area contributed by atoms with Crippen LogP contribution < -0.4 is 15.4 Å². The van der Waals surface area contributed by atoms with Gasteiger partial charge in [0, 0.05) is 6.04 Å². The highest BCUT2D eigenvalue weighted by Crippen LogP contribution is 2.23. The Labute approximate surface area is 138 Å². The quantitative estimate of drug-likeness (QED) is 0.767. The van der Waals surface area contributed by atoms with Crippen molar-refractivity contribution in [2.24, 2.45) is 0 Å². The smallest absolute Gasteiger partial charge is 0.241 e. The Kier molecular flexibility index (Phi) is 7.54. The summed E-state index contributed by atoms with van der Waals surface area (Å²) in [6.45, 7) is 8.15. The second kappa shape index (κ2) is 9.15. The van der Waals surface area contributed by atoms with Crippen molar-refractivity contribution in [2.45, 2.75) is 39.8 Å². The highest BCUT2D eigenvalue weighted by molar-refractivity contribution is 5.96. The Morgan fingerprint density at radius 1 is 1.22 bits per heavy atom. The fourth-order valence-corrected chi connectivity index (χ4v) is 2.02. The van der Waals surface area contributed by atoms with Gasteiger partial charge in [-0.3, -0.25) is 14.5 Å². The van der Waals surface area contributed by atoms with Crippen molar-refractivity contribution in [1.82, 2.24) is 10.2 Å². The van der Waals surface area contributed by atoms with Gasteiger partial charge in [-0.25, -0.2) is 0 Å². The highest BCUT2D eigenvalue weighted by Gasteiger charge is 2.21. The molecule has 6 nitrogen and oxygen atoms in total. The zero-order chi connectivity index (χ0) is 17.4. The lowest BCUT2D eigenvalue weighted by Gasteiger charge is -2.24. The van der Waals surface area contributed by atoms with E-state index in [9.17, 15) is 9.59 Å². The molecular formula is C17H27N3O3. The number of nitrogens with one attached hydrogen (secondary N) is 2. The molecule has 128 valence electrons. The van der Waals surface area contributed by atoms with Crippen LogP contribution in [0.25, 0.3) is 0 Å². The molecule has 1 aromatic rings. The molecule has 23 heavy (non-hydrogen) atoms. The first-order valence-electron chi connectivity index (χ1n) is 7.87. The number of para-hydroxylation sites is 2. The maximum absolute atomic E-state index is 12.4. The first-order valence-corrected chi connectivity index (χ1v) is 7.87. The first-order chi connectivity index (χ1) is 10.8. The Bertz CT molecular complexity index is 532. The fourth-order valence-electron chi connectivity index (χ4n) is 2.02. The lowest BCUT2D eigenvalue weighted by atomic mass is 10.2. The van der Waals surface area contributed by atoms with Crippen LogP contribution >= 0.6 is 0 Å². The van der Waals surface area contributed by atoms with Crippen molar-refractivity contribution < 1.29 is 14.3 Å². The maximum atomic E-state index is 12.4. The number of rotatable bonds is 8. The van der Waals surface area contributed by atoms with Crippen molar-refractivity contribution >= 4 is 17.5 Å². The Morgan fingerprint density at radius 2 is 1.87 bits per heavy atom. The second-order valence-corrected chi connectivity index (χ2v) is 5.73. The van der Waals surface area contributed by atoms with Gasteiger partial charge in [-0.1, -0.05) is 12.1 Å². The number of anilines is 1. The Balaban J connectivity index is 2.65. The molecule has 0 spiro atoms. The molecule has 1 unspecified atom stereocenters. The van der Waals surface area contributed by atoms with E-state index in [1.165, 1.54) is 0 Å². The van der Waals surface area contributed by atoms with E-state index in [1.54, 1.807) is 24.9 Å². The summed E-state index contributed by atoms with van der Waals surface area (Å²) in [7, 11) is 1.75. The standard InChI is InChI=1S/C17H27N3O3/c1-6-23-15-10-8-7-9-14(15)19-17(22)13(4)20(5)11-16(21)18-12(2)3/h7-10,12-13H,6,11H2,1-5H3,(H,18,21)(H,19,22). The van der Waals surface area contributed by atoms with E-state index in [0.717, 1.165) is 0 Å². The third-order valence-electron chi connectivity index (χ3n) is 3.33. The van der Waals surface area contributed by atoms with Crippen LogP contribution in [0.15, 0.2) is 24.3 Å². The minimum absolute atomic E-state index is 0.0816. The number of nitrogens with zero attached hydrogens (tertiary/aromatic N) is 1. The predicted molar refractivity (Wildman–Crippen MR) is 91.6 cm³/mol. The van der Waals surface area contributed by atoms with Crippen molar-refractivity contribution in [1.29, 1.82) is 0 Å². The molecule has 0 heterocycles. The molecule has 2 amide bonds. The van der Waals surface area contributed by atoms with Gasteiger partial charge in [0.2, 0.25) is 11.8 Å². The van der Waals surface area contributed by atoms with E-state index in [-0.39, 0.29) is 24.4 Å². The first kappa shape index (κ1) is 19.0. The average molecular weight is 321 g/mol. The topological polar surface area (TPSA) is 70.7 Å². The van der Waals surface area contributed by atoms with E-state index in [4.69, 9.17) is 4.74 Å². The number of carbonyl (C=O) groups excluding carboxylic acids is 2. The molecule has 6 heteroatoms. The lowest BCUT2D eigenvalue weighted by molar-refractivity contribution is -0.125. The minimum Gasteiger partial charge on any atom is -0.492 e. The monoisotopic (exact) mass is 321 g/mol. The van der Waals surface area contributed by atoms with Gasteiger partial charge in [-0.15, -0.1) is 0 Å². The van der Waals surface area contributed by atoms with Gasteiger partial charge < -0.3 is 15.4 Å². The van der Waals surface area contributed by atoms with Crippen molar-refractivity contribution in [3.63, 3.8) is 0 Å². The molecule has 0 aliphatic heterocycles. The largest absolute Gasteiger partial charge is 0.492 e. The van der Waals surface area contributed by atoms with Crippen molar-refractivity contribution in [3.05, 3.63) is 24.3 Å². The maximum Gasteiger partial charge on any atom is 0.241 e. The molecule has 0 saturated carbocycles. The van der Waals surface area contributed by atoms with Crippen LogP contribution in [0.3, 0.4) is 0 Å².